The number of rotatable bonds is 4. The van der Waals surface area contributed by atoms with E-state index in [9.17, 15) is 9.59 Å². The number of likely N-dealkylation sites (tertiary alicyclic amines) is 1. The lowest BCUT2D eigenvalue weighted by Crippen LogP contribution is -2.42. The zero-order valence-corrected chi connectivity index (χ0v) is 16.5. The summed E-state index contributed by atoms with van der Waals surface area (Å²) in [7, 11) is 0. The van der Waals surface area contributed by atoms with Gasteiger partial charge in [0.15, 0.2) is 17.8 Å². The first-order chi connectivity index (χ1) is 13.5. The van der Waals surface area contributed by atoms with Crippen molar-refractivity contribution >= 4 is 23.5 Å². The first-order valence-corrected chi connectivity index (χ1v) is 10.2. The lowest BCUT2D eigenvalue weighted by atomic mass is 9.73. The van der Waals surface area contributed by atoms with Crippen LogP contribution in [0.25, 0.3) is 0 Å². The first-order valence-electron chi connectivity index (χ1n) is 9.43. The Balaban J connectivity index is 1.30. The maximum absolute atomic E-state index is 12.9. The maximum Gasteiger partial charge on any atom is 0.275 e. The summed E-state index contributed by atoms with van der Waals surface area (Å²) in [6.07, 6.45) is 3.31. The van der Waals surface area contributed by atoms with Gasteiger partial charge < -0.3 is 19.4 Å². The molecule has 3 aliphatic rings. The Morgan fingerprint density at radius 3 is 2.93 bits per heavy atom. The highest BCUT2D eigenvalue weighted by Gasteiger charge is 2.63. The molecule has 5 heterocycles. The Morgan fingerprint density at radius 2 is 2.21 bits per heavy atom. The minimum absolute atomic E-state index is 0.0805. The molecule has 10 heteroatoms. The smallest absolute Gasteiger partial charge is 0.275 e. The highest BCUT2D eigenvalue weighted by Crippen LogP contribution is 2.54. The van der Waals surface area contributed by atoms with Crippen molar-refractivity contribution in [3.8, 4) is 0 Å². The molecule has 2 bridgehead atoms. The molecular formula is C18H21N5O4S. The zero-order valence-electron chi connectivity index (χ0n) is 15.7. The van der Waals surface area contributed by atoms with E-state index < -0.39 is 0 Å². The van der Waals surface area contributed by atoms with Gasteiger partial charge in [-0.25, -0.2) is 4.98 Å². The molecular weight excluding hydrogens is 382 g/mol. The summed E-state index contributed by atoms with van der Waals surface area (Å²) < 4.78 is 19.7. The number of fused-ring (bicyclic) bond motifs is 1. The molecule has 4 atom stereocenters. The van der Waals surface area contributed by atoms with Crippen molar-refractivity contribution in [1.82, 2.24) is 23.9 Å². The molecule has 0 aliphatic carbocycles. The van der Waals surface area contributed by atoms with Crippen LogP contribution < -0.4 is 5.32 Å². The number of amides is 2. The third-order valence-corrected chi connectivity index (χ3v) is 7.00. The van der Waals surface area contributed by atoms with E-state index in [1.54, 1.807) is 13.8 Å². The Morgan fingerprint density at radius 1 is 1.36 bits per heavy atom. The number of aryl methyl sites for hydroxylation is 2. The number of carbonyl (C=O) groups is 2. The number of hydrogen-bond acceptors (Lipinski definition) is 8. The maximum atomic E-state index is 12.9. The van der Waals surface area contributed by atoms with Gasteiger partial charge in [-0.15, -0.1) is 0 Å². The van der Waals surface area contributed by atoms with Crippen LogP contribution in [0.2, 0.25) is 0 Å². The van der Waals surface area contributed by atoms with Gasteiger partial charge in [-0.2, -0.15) is 8.75 Å². The second kappa shape index (κ2) is 6.35. The van der Waals surface area contributed by atoms with E-state index in [1.165, 1.54) is 6.39 Å². The fraction of sp³-hybridized carbons (Fsp3) is 0.611. The van der Waals surface area contributed by atoms with Gasteiger partial charge in [0.25, 0.3) is 11.8 Å². The SMILES string of the molecule is Cc1nsnc1C(=O)N1C[C@@H]2[C@H](CNC(=O)c3ncoc3C)[C@H]3CC[C@]2(C1)O3. The zero-order chi connectivity index (χ0) is 19.5. The average Bonchev–Trinajstić information content (AvgIpc) is 3.46. The topological polar surface area (TPSA) is 110 Å². The summed E-state index contributed by atoms with van der Waals surface area (Å²) >= 11 is 1.06. The van der Waals surface area contributed by atoms with Crippen LogP contribution >= 0.6 is 11.7 Å². The molecule has 3 fully saturated rings. The van der Waals surface area contributed by atoms with Crippen molar-refractivity contribution in [1.29, 1.82) is 0 Å². The molecule has 3 aliphatic heterocycles. The van der Waals surface area contributed by atoms with Gasteiger partial charge in [-0.3, -0.25) is 9.59 Å². The normalized spacial score (nSPS) is 30.6. The van der Waals surface area contributed by atoms with Gasteiger partial charge in [-0.1, -0.05) is 0 Å². The summed E-state index contributed by atoms with van der Waals surface area (Å²) in [5.74, 6) is 0.572. The highest BCUT2D eigenvalue weighted by atomic mass is 32.1. The third kappa shape index (κ3) is 2.58. The number of ether oxygens (including phenoxy) is 1. The molecule has 2 aromatic rings. The Bertz CT molecular complexity index is 942. The molecule has 2 aromatic heterocycles. The lowest BCUT2D eigenvalue weighted by Gasteiger charge is -2.29. The minimum Gasteiger partial charge on any atom is -0.448 e. The predicted octanol–water partition coefficient (Wildman–Crippen LogP) is 1.19. The van der Waals surface area contributed by atoms with E-state index in [0.717, 1.165) is 24.6 Å². The summed E-state index contributed by atoms with van der Waals surface area (Å²) in [6.45, 7) is 5.22. The molecule has 0 saturated carbocycles. The fourth-order valence-corrected chi connectivity index (χ4v) is 5.55. The molecule has 0 radical (unpaired) electrons. The summed E-state index contributed by atoms with van der Waals surface area (Å²) in [5.41, 5.74) is 1.12. The van der Waals surface area contributed by atoms with E-state index in [0.29, 0.717) is 42.5 Å². The van der Waals surface area contributed by atoms with Crippen LogP contribution in [0, 0.1) is 25.7 Å². The number of nitrogens with zero attached hydrogens (tertiary/aromatic N) is 4. The highest BCUT2D eigenvalue weighted by molar-refractivity contribution is 6.99. The van der Waals surface area contributed by atoms with Crippen LogP contribution in [0.5, 0.6) is 0 Å². The first kappa shape index (κ1) is 17.7. The van der Waals surface area contributed by atoms with E-state index in [-0.39, 0.29) is 35.4 Å². The minimum atomic E-state index is -0.295. The number of nitrogens with one attached hydrogen (secondary N) is 1. The molecule has 0 aromatic carbocycles. The van der Waals surface area contributed by atoms with Crippen molar-refractivity contribution in [2.75, 3.05) is 19.6 Å². The molecule has 0 unspecified atom stereocenters. The van der Waals surface area contributed by atoms with Crippen molar-refractivity contribution < 1.29 is 18.7 Å². The number of aromatic nitrogens is 3. The van der Waals surface area contributed by atoms with E-state index in [4.69, 9.17) is 9.15 Å². The van der Waals surface area contributed by atoms with Gasteiger partial charge >= 0.3 is 0 Å². The molecule has 148 valence electrons. The van der Waals surface area contributed by atoms with Gasteiger partial charge in [-0.05, 0) is 26.7 Å². The third-order valence-electron chi connectivity index (χ3n) is 6.38. The van der Waals surface area contributed by atoms with Gasteiger partial charge in [0.05, 0.1) is 35.7 Å². The van der Waals surface area contributed by atoms with Gasteiger partial charge in [0, 0.05) is 24.9 Å². The molecule has 3 saturated heterocycles. The van der Waals surface area contributed by atoms with Crippen LogP contribution in [0.3, 0.4) is 0 Å². The number of oxazole rings is 1. The van der Waals surface area contributed by atoms with Gasteiger partial charge in [0.2, 0.25) is 0 Å². The molecule has 1 spiro atoms. The molecule has 28 heavy (non-hydrogen) atoms. The molecule has 2 amide bonds. The molecule has 5 rings (SSSR count). The fourth-order valence-electron chi connectivity index (χ4n) is 5.01. The van der Waals surface area contributed by atoms with Crippen molar-refractivity contribution in [3.63, 3.8) is 0 Å². The van der Waals surface area contributed by atoms with E-state index in [1.807, 2.05) is 4.90 Å². The van der Waals surface area contributed by atoms with Crippen molar-refractivity contribution in [2.45, 2.75) is 38.4 Å². The Labute approximate surface area is 165 Å². The van der Waals surface area contributed by atoms with Crippen molar-refractivity contribution in [3.05, 3.63) is 29.2 Å². The molecule has 9 nitrogen and oxygen atoms in total. The van der Waals surface area contributed by atoms with Crippen LogP contribution in [0.1, 0.15) is 45.3 Å². The largest absolute Gasteiger partial charge is 0.448 e. The van der Waals surface area contributed by atoms with Crippen LogP contribution in [0.4, 0.5) is 0 Å². The monoisotopic (exact) mass is 403 g/mol. The lowest BCUT2D eigenvalue weighted by molar-refractivity contribution is 0.00311. The second-order valence-electron chi connectivity index (χ2n) is 7.88. The Hall–Kier alpha value is -2.33. The van der Waals surface area contributed by atoms with E-state index >= 15 is 0 Å². The summed E-state index contributed by atoms with van der Waals surface area (Å²) in [5, 5.41) is 2.98. The van der Waals surface area contributed by atoms with Crippen LogP contribution in [0.15, 0.2) is 10.8 Å². The van der Waals surface area contributed by atoms with Crippen LogP contribution in [-0.4, -0.2) is 61.8 Å². The van der Waals surface area contributed by atoms with E-state index in [2.05, 4.69) is 19.0 Å². The van der Waals surface area contributed by atoms with Gasteiger partial charge in [0.1, 0.15) is 5.76 Å². The van der Waals surface area contributed by atoms with Crippen molar-refractivity contribution in [2.24, 2.45) is 11.8 Å². The average molecular weight is 403 g/mol. The number of hydrogen-bond donors (Lipinski definition) is 1. The Kier molecular flexibility index (Phi) is 4.02. The quantitative estimate of drug-likeness (QED) is 0.816. The number of carbonyl (C=O) groups excluding carboxylic acids is 2. The summed E-state index contributed by atoms with van der Waals surface area (Å²) in [6, 6.07) is 0. The summed E-state index contributed by atoms with van der Waals surface area (Å²) in [4.78, 5) is 31.1. The second-order valence-corrected chi connectivity index (χ2v) is 8.41. The molecule has 1 N–H and O–H groups in total. The predicted molar refractivity (Wildman–Crippen MR) is 97.9 cm³/mol. The van der Waals surface area contributed by atoms with Crippen LogP contribution in [-0.2, 0) is 4.74 Å². The standard InChI is InChI=1S/C18H21N5O4S/c1-9-14(22-28-21-9)17(25)23-6-12-11(13-3-4-18(12,7-23)27-13)5-19-16(24)15-10(2)26-8-20-15/h8,11-13H,3-7H2,1-2H3,(H,19,24)/t11-,12+,13+,18+/m0/s1.